The van der Waals surface area contributed by atoms with Gasteiger partial charge < -0.3 is 15.0 Å². The van der Waals surface area contributed by atoms with E-state index >= 15 is 0 Å². The molecule has 1 saturated heterocycles. The van der Waals surface area contributed by atoms with Crippen molar-refractivity contribution >= 4 is 39.4 Å². The van der Waals surface area contributed by atoms with Crippen molar-refractivity contribution in [3.05, 3.63) is 64.7 Å². The topological polar surface area (TPSA) is 113 Å². The summed E-state index contributed by atoms with van der Waals surface area (Å²) < 4.78 is 32.1. The van der Waals surface area contributed by atoms with Crippen LogP contribution in [0.5, 0.6) is 0 Å². The number of halogens is 1. The monoisotopic (exact) mass is 493 g/mol. The maximum atomic E-state index is 13.3. The number of benzene rings is 2. The fourth-order valence-electron chi connectivity index (χ4n) is 3.49. The van der Waals surface area contributed by atoms with E-state index in [0.717, 1.165) is 5.56 Å². The molecule has 2 aromatic carbocycles. The third-order valence-corrected chi connectivity index (χ3v) is 7.43. The average molecular weight is 494 g/mol. The molecule has 1 N–H and O–H groups in total. The molecule has 1 aliphatic heterocycles. The zero-order chi connectivity index (χ0) is 24.2. The Morgan fingerprint density at radius 2 is 1.91 bits per heavy atom. The van der Waals surface area contributed by atoms with E-state index in [1.165, 1.54) is 41.6 Å². The summed E-state index contributed by atoms with van der Waals surface area (Å²) >= 11 is 6.24. The van der Waals surface area contributed by atoms with Gasteiger partial charge in [0.2, 0.25) is 15.9 Å². The summed E-state index contributed by atoms with van der Waals surface area (Å²) in [6.45, 7) is 0.466. The first-order chi connectivity index (χ1) is 15.6. The zero-order valence-electron chi connectivity index (χ0n) is 18.2. The number of carbonyl (C=O) groups is 3. The molecule has 11 heteroatoms. The number of sulfonamides is 1. The largest absolute Gasteiger partial charge is 0.469 e. The SMILES string of the molecule is COC(=O)C[C@H]1C(=O)NCCN1C(=O)c1cc(S(=O)(=O)N(C)Cc2ccccc2)ccc1Cl. The molecular formula is C22H24ClN3O6S. The molecule has 0 spiro atoms. The first-order valence-corrected chi connectivity index (χ1v) is 11.9. The number of nitrogens with one attached hydrogen (secondary N) is 1. The Morgan fingerprint density at radius 3 is 2.58 bits per heavy atom. The van der Waals surface area contributed by atoms with Crippen molar-refractivity contribution in [2.75, 3.05) is 27.2 Å². The van der Waals surface area contributed by atoms with Crippen LogP contribution in [0.15, 0.2) is 53.4 Å². The number of nitrogens with zero attached hydrogens (tertiary/aromatic N) is 2. The Labute approximate surface area is 197 Å². The number of piperazine rings is 1. The van der Waals surface area contributed by atoms with Crippen LogP contribution in [0.3, 0.4) is 0 Å². The molecule has 0 saturated carbocycles. The third kappa shape index (κ3) is 5.52. The van der Waals surface area contributed by atoms with Gasteiger partial charge in [0.15, 0.2) is 0 Å². The van der Waals surface area contributed by atoms with Crippen LogP contribution in [0, 0.1) is 0 Å². The van der Waals surface area contributed by atoms with Gasteiger partial charge in [0, 0.05) is 26.7 Å². The van der Waals surface area contributed by atoms with Crippen molar-refractivity contribution in [2.24, 2.45) is 0 Å². The number of methoxy groups -OCH3 is 1. The second-order valence-corrected chi connectivity index (χ2v) is 9.93. The molecule has 1 fully saturated rings. The highest BCUT2D eigenvalue weighted by atomic mass is 35.5. The Balaban J connectivity index is 1.90. The van der Waals surface area contributed by atoms with E-state index in [-0.39, 0.29) is 41.5 Å². The van der Waals surface area contributed by atoms with Crippen molar-refractivity contribution in [1.82, 2.24) is 14.5 Å². The Morgan fingerprint density at radius 1 is 1.21 bits per heavy atom. The van der Waals surface area contributed by atoms with Crippen LogP contribution in [0.25, 0.3) is 0 Å². The van der Waals surface area contributed by atoms with Gasteiger partial charge in [-0.05, 0) is 23.8 Å². The highest BCUT2D eigenvalue weighted by Crippen LogP contribution is 2.26. The second kappa shape index (κ2) is 10.3. The minimum absolute atomic E-state index is 0.0347. The Hall–Kier alpha value is -2.95. The van der Waals surface area contributed by atoms with Crippen LogP contribution in [0.1, 0.15) is 22.3 Å². The molecule has 0 bridgehead atoms. The lowest BCUT2D eigenvalue weighted by molar-refractivity contribution is -0.145. The van der Waals surface area contributed by atoms with Crippen molar-refractivity contribution < 1.29 is 27.5 Å². The predicted octanol–water partition coefficient (Wildman–Crippen LogP) is 1.66. The molecular weight excluding hydrogens is 470 g/mol. The van der Waals surface area contributed by atoms with Gasteiger partial charge in [0.1, 0.15) is 6.04 Å². The van der Waals surface area contributed by atoms with Gasteiger partial charge in [-0.25, -0.2) is 8.42 Å². The summed E-state index contributed by atoms with van der Waals surface area (Å²) in [5.41, 5.74) is 0.731. The van der Waals surface area contributed by atoms with E-state index in [1.54, 1.807) is 0 Å². The quantitative estimate of drug-likeness (QED) is 0.587. The molecule has 1 aliphatic rings. The standard InChI is InChI=1S/C22H24ClN3O6S/c1-25(14-15-6-4-3-5-7-15)33(30,31)16-8-9-18(23)17(12-16)22(29)26-11-10-24-21(28)19(26)13-20(27)32-2/h3-9,12,19H,10-11,13-14H2,1-2H3,(H,24,28)/t19-/m0/s1. The maximum Gasteiger partial charge on any atom is 0.308 e. The molecule has 0 aromatic heterocycles. The third-order valence-electron chi connectivity index (χ3n) is 5.30. The van der Waals surface area contributed by atoms with Crippen molar-refractivity contribution in [2.45, 2.75) is 23.9 Å². The van der Waals surface area contributed by atoms with Crippen LogP contribution in [-0.4, -0.2) is 68.7 Å². The summed E-state index contributed by atoms with van der Waals surface area (Å²) in [6, 6.07) is 11.9. The zero-order valence-corrected chi connectivity index (χ0v) is 19.7. The van der Waals surface area contributed by atoms with Gasteiger partial charge >= 0.3 is 5.97 Å². The van der Waals surface area contributed by atoms with Crippen LogP contribution < -0.4 is 5.32 Å². The van der Waals surface area contributed by atoms with Gasteiger partial charge in [-0.3, -0.25) is 14.4 Å². The van der Waals surface area contributed by atoms with Crippen LogP contribution in [0.4, 0.5) is 0 Å². The fourth-order valence-corrected chi connectivity index (χ4v) is 4.87. The molecule has 0 unspecified atom stereocenters. The predicted molar refractivity (Wildman–Crippen MR) is 121 cm³/mol. The van der Waals surface area contributed by atoms with Gasteiger partial charge in [-0.1, -0.05) is 41.9 Å². The van der Waals surface area contributed by atoms with Crippen LogP contribution in [0.2, 0.25) is 5.02 Å². The number of carbonyl (C=O) groups excluding carboxylic acids is 3. The smallest absolute Gasteiger partial charge is 0.308 e. The minimum atomic E-state index is -3.94. The summed E-state index contributed by atoms with van der Waals surface area (Å²) in [4.78, 5) is 38.5. The molecule has 3 rings (SSSR count). The van der Waals surface area contributed by atoms with Crippen molar-refractivity contribution in [1.29, 1.82) is 0 Å². The molecule has 0 aliphatic carbocycles. The van der Waals surface area contributed by atoms with E-state index in [4.69, 9.17) is 11.6 Å². The molecule has 1 heterocycles. The van der Waals surface area contributed by atoms with E-state index in [1.807, 2.05) is 30.3 Å². The average Bonchev–Trinajstić information content (AvgIpc) is 2.80. The van der Waals surface area contributed by atoms with Crippen LogP contribution in [-0.2, 0) is 30.9 Å². The highest BCUT2D eigenvalue weighted by molar-refractivity contribution is 7.89. The lowest BCUT2D eigenvalue weighted by atomic mass is 10.1. The summed E-state index contributed by atoms with van der Waals surface area (Å²) in [5.74, 6) is -1.80. The first-order valence-electron chi connectivity index (χ1n) is 10.1. The second-order valence-electron chi connectivity index (χ2n) is 7.47. The molecule has 1 atom stereocenters. The molecule has 9 nitrogen and oxygen atoms in total. The number of rotatable bonds is 7. The number of esters is 1. The minimum Gasteiger partial charge on any atom is -0.469 e. The summed E-state index contributed by atoms with van der Waals surface area (Å²) in [5, 5.41) is 2.64. The van der Waals surface area contributed by atoms with Gasteiger partial charge in [0.05, 0.1) is 29.0 Å². The van der Waals surface area contributed by atoms with Crippen molar-refractivity contribution in [3.63, 3.8) is 0 Å². The normalized spacial score (nSPS) is 16.4. The number of hydrogen-bond acceptors (Lipinski definition) is 6. The van der Waals surface area contributed by atoms with Gasteiger partial charge in [-0.15, -0.1) is 0 Å². The number of amides is 2. The number of ether oxygens (including phenoxy) is 1. The lowest BCUT2D eigenvalue weighted by Gasteiger charge is -2.34. The Bertz CT molecular complexity index is 1160. The molecule has 33 heavy (non-hydrogen) atoms. The first kappa shape index (κ1) is 24.7. The molecule has 0 radical (unpaired) electrons. The van der Waals surface area contributed by atoms with Gasteiger partial charge in [-0.2, -0.15) is 4.31 Å². The molecule has 2 aromatic rings. The van der Waals surface area contributed by atoms with E-state index < -0.39 is 33.8 Å². The van der Waals surface area contributed by atoms with Gasteiger partial charge in [0.25, 0.3) is 5.91 Å². The highest BCUT2D eigenvalue weighted by Gasteiger charge is 2.36. The maximum absolute atomic E-state index is 13.3. The Kier molecular flexibility index (Phi) is 7.72. The van der Waals surface area contributed by atoms with E-state index in [0.29, 0.717) is 0 Å². The summed E-state index contributed by atoms with van der Waals surface area (Å²) in [6.07, 6.45) is -0.330. The fraction of sp³-hybridized carbons (Fsp3) is 0.318. The molecule has 176 valence electrons. The van der Waals surface area contributed by atoms with Crippen LogP contribution >= 0.6 is 11.6 Å². The lowest BCUT2D eigenvalue weighted by Crippen LogP contribution is -2.57. The molecule has 2 amide bonds. The summed E-state index contributed by atoms with van der Waals surface area (Å²) in [7, 11) is -1.31. The number of hydrogen-bond donors (Lipinski definition) is 1. The van der Waals surface area contributed by atoms with Crippen molar-refractivity contribution in [3.8, 4) is 0 Å². The van der Waals surface area contributed by atoms with E-state index in [9.17, 15) is 22.8 Å². The van der Waals surface area contributed by atoms with E-state index in [2.05, 4.69) is 10.1 Å².